The van der Waals surface area contributed by atoms with Crippen molar-refractivity contribution in [3.63, 3.8) is 0 Å². The van der Waals surface area contributed by atoms with E-state index in [4.69, 9.17) is 14.4 Å². The van der Waals surface area contributed by atoms with Crippen LogP contribution >= 0.6 is 0 Å². The van der Waals surface area contributed by atoms with E-state index < -0.39 is 11.8 Å². The zero-order valence-electron chi connectivity index (χ0n) is 22.2. The highest BCUT2D eigenvalue weighted by Gasteiger charge is 2.21. The summed E-state index contributed by atoms with van der Waals surface area (Å²) in [6.07, 6.45) is 4.74. The number of halogens is 1. The Labute approximate surface area is 228 Å². The van der Waals surface area contributed by atoms with Gasteiger partial charge in [0.25, 0.3) is 5.91 Å². The van der Waals surface area contributed by atoms with E-state index in [2.05, 4.69) is 26.1 Å². The van der Waals surface area contributed by atoms with Crippen LogP contribution in [-0.2, 0) is 5.54 Å². The Bertz CT molecular complexity index is 1720. The number of ether oxygens (including phenoxy) is 1. The second-order valence-electron chi connectivity index (χ2n) is 9.86. The van der Waals surface area contributed by atoms with Crippen LogP contribution < -0.4 is 20.7 Å². The fourth-order valence-electron chi connectivity index (χ4n) is 3.84. The maximum Gasteiger partial charge on any atom is 0.323 e. The van der Waals surface area contributed by atoms with Crippen molar-refractivity contribution >= 4 is 34.3 Å². The van der Waals surface area contributed by atoms with Gasteiger partial charge < -0.3 is 25.2 Å². The molecule has 0 aliphatic rings. The number of anilines is 2. The van der Waals surface area contributed by atoms with Crippen LogP contribution in [0.25, 0.3) is 22.2 Å². The second kappa shape index (κ2) is 10.5. The van der Waals surface area contributed by atoms with Gasteiger partial charge in [0.1, 0.15) is 28.7 Å². The van der Waals surface area contributed by atoms with Crippen LogP contribution in [0.4, 0.5) is 20.6 Å². The van der Waals surface area contributed by atoms with Gasteiger partial charge in [0.05, 0.1) is 23.1 Å². The number of carbonyl (C=O) groups excluding carboxylic acids is 2. The van der Waals surface area contributed by atoms with Gasteiger partial charge in [-0.05, 0) is 57.2 Å². The van der Waals surface area contributed by atoms with Crippen LogP contribution in [-0.4, -0.2) is 38.9 Å². The van der Waals surface area contributed by atoms with E-state index in [9.17, 15) is 14.0 Å². The number of nitrogens with zero attached hydrogens (tertiary/aromatic N) is 4. The third kappa shape index (κ3) is 5.60. The number of fused-ring (bicyclic) bond motifs is 1. The van der Waals surface area contributed by atoms with Gasteiger partial charge in [0.15, 0.2) is 5.58 Å². The molecule has 0 saturated heterocycles. The first-order valence-electron chi connectivity index (χ1n) is 12.3. The number of pyridine rings is 1. The lowest BCUT2D eigenvalue weighted by Crippen LogP contribution is -2.22. The molecule has 0 spiro atoms. The first-order valence-corrected chi connectivity index (χ1v) is 12.3. The molecule has 0 aliphatic carbocycles. The van der Waals surface area contributed by atoms with Crippen molar-refractivity contribution in [2.45, 2.75) is 26.3 Å². The number of urea groups is 1. The zero-order valence-corrected chi connectivity index (χ0v) is 22.2. The van der Waals surface area contributed by atoms with Gasteiger partial charge >= 0.3 is 6.03 Å². The molecule has 3 heterocycles. The lowest BCUT2D eigenvalue weighted by Gasteiger charge is -2.18. The fourth-order valence-corrected chi connectivity index (χ4v) is 3.84. The van der Waals surface area contributed by atoms with Crippen LogP contribution in [0.1, 0.15) is 31.3 Å². The van der Waals surface area contributed by atoms with Crippen molar-refractivity contribution in [2.24, 2.45) is 0 Å². The van der Waals surface area contributed by atoms with Gasteiger partial charge in [-0.3, -0.25) is 14.5 Å². The highest BCUT2D eigenvalue weighted by molar-refractivity contribution is 6.02. The van der Waals surface area contributed by atoms with Crippen molar-refractivity contribution in [1.82, 2.24) is 25.2 Å². The first kappa shape index (κ1) is 26.4. The van der Waals surface area contributed by atoms with E-state index in [1.165, 1.54) is 31.4 Å². The van der Waals surface area contributed by atoms with Gasteiger partial charge in [0, 0.05) is 42.5 Å². The summed E-state index contributed by atoms with van der Waals surface area (Å²) in [4.78, 5) is 28.7. The molecule has 11 nitrogen and oxygen atoms in total. The van der Waals surface area contributed by atoms with Gasteiger partial charge in [-0.2, -0.15) is 5.10 Å². The molecule has 3 amide bonds. The zero-order chi connectivity index (χ0) is 28.4. The number of rotatable bonds is 6. The second-order valence-corrected chi connectivity index (χ2v) is 9.86. The molecular formula is C28H26FN7O4. The number of nitrogens with one attached hydrogen (secondary N) is 3. The summed E-state index contributed by atoms with van der Waals surface area (Å²) in [5.74, 6) is -0.608. The fraction of sp³-hybridized carbons (Fsp3) is 0.179. The molecule has 0 radical (unpaired) electrons. The monoisotopic (exact) mass is 543 g/mol. The molecule has 3 aromatic heterocycles. The van der Waals surface area contributed by atoms with E-state index in [1.807, 2.05) is 32.9 Å². The van der Waals surface area contributed by atoms with Crippen LogP contribution in [0, 0.1) is 5.82 Å². The normalized spacial score (nSPS) is 11.3. The number of hydrogen-bond acceptors (Lipinski definition) is 7. The Balaban J connectivity index is 1.34. The summed E-state index contributed by atoms with van der Waals surface area (Å²) in [6.45, 7) is 5.96. The summed E-state index contributed by atoms with van der Waals surface area (Å²) in [7, 11) is 1.49. The summed E-state index contributed by atoms with van der Waals surface area (Å²) >= 11 is 0. The van der Waals surface area contributed by atoms with E-state index in [-0.39, 0.29) is 28.6 Å². The number of aromatic nitrogens is 4. The van der Waals surface area contributed by atoms with Crippen LogP contribution in [0.2, 0.25) is 0 Å². The Hall–Kier alpha value is -5.26. The smallest absolute Gasteiger partial charge is 0.323 e. The molecule has 204 valence electrons. The van der Waals surface area contributed by atoms with Crippen molar-refractivity contribution in [3.8, 4) is 22.8 Å². The summed E-state index contributed by atoms with van der Waals surface area (Å²) in [5, 5.41) is 17.1. The quantitative estimate of drug-likeness (QED) is 0.247. The molecule has 5 aromatic rings. The largest absolute Gasteiger partial charge is 0.457 e. The molecule has 2 aromatic carbocycles. The van der Waals surface area contributed by atoms with Crippen LogP contribution in [0.15, 0.2) is 71.6 Å². The van der Waals surface area contributed by atoms with Crippen molar-refractivity contribution in [2.75, 3.05) is 17.7 Å². The molecule has 0 fully saturated rings. The summed E-state index contributed by atoms with van der Waals surface area (Å²) < 4.78 is 27.5. The molecule has 5 rings (SSSR count). The minimum Gasteiger partial charge on any atom is -0.457 e. The predicted octanol–water partition coefficient (Wildman–Crippen LogP) is 5.78. The molecule has 40 heavy (non-hydrogen) atoms. The maximum atomic E-state index is 14.9. The van der Waals surface area contributed by atoms with Gasteiger partial charge in [-0.25, -0.2) is 9.18 Å². The van der Waals surface area contributed by atoms with E-state index >= 15 is 0 Å². The van der Waals surface area contributed by atoms with Gasteiger partial charge in [0.2, 0.25) is 0 Å². The number of hydrogen-bond donors (Lipinski definition) is 3. The average Bonchev–Trinajstić information content (AvgIpc) is 3.56. The van der Waals surface area contributed by atoms with Crippen molar-refractivity contribution < 1.29 is 23.2 Å². The summed E-state index contributed by atoms with van der Waals surface area (Å²) in [6, 6.07) is 11.8. The third-order valence-electron chi connectivity index (χ3n) is 5.89. The SMILES string of the molecule is CNC(=O)c1cc(Oc2ccc(NC(=O)Nc3cn(C(C)(C)C)nc3-c3ccc4oncc4c3)c(F)c2)ccn1. The molecular weight excluding hydrogens is 517 g/mol. The Morgan fingerprint density at radius 3 is 2.52 bits per heavy atom. The lowest BCUT2D eigenvalue weighted by molar-refractivity contribution is 0.0957. The molecule has 0 bridgehead atoms. The minimum atomic E-state index is -0.711. The average molecular weight is 544 g/mol. The Kier molecular flexibility index (Phi) is 6.91. The van der Waals surface area contributed by atoms with Gasteiger partial charge in [-0.1, -0.05) is 5.16 Å². The topological polar surface area (TPSA) is 136 Å². The Morgan fingerprint density at radius 1 is 1.00 bits per heavy atom. The predicted molar refractivity (Wildman–Crippen MR) is 147 cm³/mol. The minimum absolute atomic E-state index is 0.0544. The molecule has 0 unspecified atom stereocenters. The molecule has 0 aliphatic heterocycles. The standard InChI is InChI=1S/C28H26FN7O4/c1-28(2,3)36-15-23(25(35-36)16-5-8-24-17(11-16)14-32-40-24)34-27(38)33-21-7-6-18(12-20(21)29)39-19-9-10-31-22(13-19)26(37)30-4/h5-15H,1-4H3,(H,30,37)(H2,33,34,38). The first-order chi connectivity index (χ1) is 19.1. The highest BCUT2D eigenvalue weighted by Crippen LogP contribution is 2.32. The van der Waals surface area contributed by atoms with Crippen LogP contribution in [0.3, 0.4) is 0 Å². The van der Waals surface area contributed by atoms with Crippen molar-refractivity contribution in [1.29, 1.82) is 0 Å². The molecule has 0 saturated carbocycles. The molecule has 3 N–H and O–H groups in total. The molecule has 12 heteroatoms. The number of amides is 3. The number of carbonyl (C=O) groups is 2. The van der Waals surface area contributed by atoms with E-state index in [0.717, 1.165) is 17.0 Å². The van der Waals surface area contributed by atoms with E-state index in [1.54, 1.807) is 29.2 Å². The highest BCUT2D eigenvalue weighted by atomic mass is 19.1. The van der Waals surface area contributed by atoms with Crippen molar-refractivity contribution in [3.05, 3.63) is 78.6 Å². The molecule has 0 atom stereocenters. The Morgan fingerprint density at radius 2 is 1.77 bits per heavy atom. The van der Waals surface area contributed by atoms with E-state index in [0.29, 0.717) is 22.7 Å². The number of benzene rings is 2. The van der Waals surface area contributed by atoms with Crippen LogP contribution in [0.5, 0.6) is 11.5 Å². The lowest BCUT2D eigenvalue weighted by atomic mass is 10.1. The summed E-state index contributed by atoms with van der Waals surface area (Å²) in [5.41, 5.74) is 2.10. The third-order valence-corrected chi connectivity index (χ3v) is 5.89. The van der Waals surface area contributed by atoms with Gasteiger partial charge in [-0.15, -0.1) is 0 Å². The maximum absolute atomic E-state index is 14.9.